The van der Waals surface area contributed by atoms with Crippen LogP contribution in [0.3, 0.4) is 0 Å². The smallest absolute Gasteiger partial charge is 0.205 e. The summed E-state index contributed by atoms with van der Waals surface area (Å²) in [6, 6.07) is 7.69. The lowest BCUT2D eigenvalue weighted by atomic mass is 9.66. The Balaban J connectivity index is 2.54. The summed E-state index contributed by atoms with van der Waals surface area (Å²) in [7, 11) is 0. The van der Waals surface area contributed by atoms with E-state index in [-0.39, 0.29) is 23.7 Å². The molecule has 1 aromatic carbocycles. The molecule has 1 atom stereocenters. The molecular weight excluding hydrogens is 242 g/mol. The van der Waals surface area contributed by atoms with E-state index in [0.29, 0.717) is 12.0 Å². The highest BCUT2D eigenvalue weighted by Crippen LogP contribution is 2.41. The molecule has 0 saturated heterocycles. The van der Waals surface area contributed by atoms with Gasteiger partial charge in [0.15, 0.2) is 5.78 Å². The van der Waals surface area contributed by atoms with Gasteiger partial charge in [-0.3, -0.25) is 14.9 Å². The zero-order valence-electron chi connectivity index (χ0n) is 11.2. The van der Waals surface area contributed by atoms with Gasteiger partial charge in [-0.2, -0.15) is 0 Å². The van der Waals surface area contributed by atoms with Gasteiger partial charge in [-0.1, -0.05) is 31.2 Å². The van der Waals surface area contributed by atoms with Crippen molar-refractivity contribution in [2.24, 2.45) is 0 Å². The number of nitrogens with zero attached hydrogens (tertiary/aromatic N) is 1. The van der Waals surface area contributed by atoms with Crippen LogP contribution in [-0.2, 0) is 10.2 Å². The summed E-state index contributed by atoms with van der Waals surface area (Å²) < 4.78 is 0. The Morgan fingerprint density at radius 2 is 2.00 bits per heavy atom. The zero-order valence-corrected chi connectivity index (χ0v) is 11.2. The fourth-order valence-electron chi connectivity index (χ4n) is 2.92. The lowest BCUT2D eigenvalue weighted by molar-refractivity contribution is -0.481. The van der Waals surface area contributed by atoms with Gasteiger partial charge in [-0.25, -0.2) is 0 Å². The van der Waals surface area contributed by atoms with Crippen molar-refractivity contribution in [3.05, 3.63) is 51.1 Å². The van der Waals surface area contributed by atoms with Crippen molar-refractivity contribution in [1.29, 1.82) is 0 Å². The van der Waals surface area contributed by atoms with E-state index in [4.69, 9.17) is 0 Å². The summed E-state index contributed by atoms with van der Waals surface area (Å²) in [4.78, 5) is 22.9. The molecule has 0 amide bonds. The van der Waals surface area contributed by atoms with Gasteiger partial charge in [0, 0.05) is 11.3 Å². The Kier molecular flexibility index (Phi) is 3.51. The number of ketones is 1. The maximum Gasteiger partial charge on any atom is 0.205 e. The van der Waals surface area contributed by atoms with Crippen LogP contribution in [0.15, 0.2) is 29.8 Å². The zero-order chi connectivity index (χ0) is 14.0. The van der Waals surface area contributed by atoms with Gasteiger partial charge in [0.1, 0.15) is 0 Å². The minimum absolute atomic E-state index is 0.0237. The van der Waals surface area contributed by atoms with E-state index in [9.17, 15) is 14.9 Å². The van der Waals surface area contributed by atoms with E-state index in [0.717, 1.165) is 11.1 Å². The first-order chi connectivity index (χ1) is 9.01. The Labute approximate surface area is 112 Å². The number of rotatable bonds is 4. The average Bonchev–Trinajstić information content (AvgIpc) is 2.40. The normalized spacial score (nSPS) is 21.8. The Morgan fingerprint density at radius 1 is 1.32 bits per heavy atom. The molecule has 1 aliphatic carbocycles. The first kappa shape index (κ1) is 13.5. The van der Waals surface area contributed by atoms with Crippen molar-refractivity contribution in [2.45, 2.75) is 32.1 Å². The molecule has 4 heteroatoms. The lowest BCUT2D eigenvalue weighted by Gasteiger charge is -2.35. The molecule has 0 heterocycles. The number of nitro groups is 1. The number of benzene rings is 1. The average molecular weight is 259 g/mol. The summed E-state index contributed by atoms with van der Waals surface area (Å²) in [5.41, 5.74) is 1.88. The minimum atomic E-state index is -0.734. The van der Waals surface area contributed by atoms with Gasteiger partial charge in [-0.15, -0.1) is 0 Å². The molecule has 0 aliphatic heterocycles. The molecule has 1 aliphatic rings. The second-order valence-electron chi connectivity index (χ2n) is 4.99. The highest BCUT2D eigenvalue weighted by molar-refractivity contribution is 6.09. The molecular formula is C15H17NO3. The van der Waals surface area contributed by atoms with Gasteiger partial charge in [0.2, 0.25) is 6.54 Å². The van der Waals surface area contributed by atoms with Gasteiger partial charge >= 0.3 is 0 Å². The second-order valence-corrected chi connectivity index (χ2v) is 4.99. The fraction of sp³-hybridized carbons (Fsp3) is 0.400. The van der Waals surface area contributed by atoms with Crippen LogP contribution in [0.4, 0.5) is 0 Å². The maximum atomic E-state index is 12.6. The van der Waals surface area contributed by atoms with Crippen molar-refractivity contribution in [3.63, 3.8) is 0 Å². The second kappa shape index (κ2) is 4.96. The van der Waals surface area contributed by atoms with Gasteiger partial charge < -0.3 is 0 Å². The Hall–Kier alpha value is -1.97. The Bertz CT molecular complexity index is 562. The molecule has 100 valence electrons. The number of hydrogen-bond donors (Lipinski definition) is 0. The number of fused-ring (bicyclic) bond motifs is 1. The van der Waals surface area contributed by atoms with Crippen molar-refractivity contribution in [1.82, 2.24) is 0 Å². The third kappa shape index (κ3) is 2.18. The molecule has 0 N–H and O–H groups in total. The van der Waals surface area contributed by atoms with Crippen LogP contribution >= 0.6 is 0 Å². The number of carbonyl (C=O) groups excluding carboxylic acids is 1. The highest BCUT2D eigenvalue weighted by atomic mass is 16.6. The molecule has 0 bridgehead atoms. The monoisotopic (exact) mass is 259 g/mol. The van der Waals surface area contributed by atoms with E-state index in [1.165, 1.54) is 0 Å². The summed E-state index contributed by atoms with van der Waals surface area (Å²) in [6.45, 7) is 3.53. The van der Waals surface area contributed by atoms with Crippen LogP contribution in [-0.4, -0.2) is 17.3 Å². The summed E-state index contributed by atoms with van der Waals surface area (Å²) in [5.74, 6) is 0.0237. The SMILES string of the molecule is CC[C@]1(CC[N+](=O)[O-])C(=O)C(C)=Cc2ccccc21. The molecule has 2 rings (SSSR count). The molecule has 19 heavy (non-hydrogen) atoms. The first-order valence-electron chi connectivity index (χ1n) is 6.45. The molecule has 0 aromatic heterocycles. The predicted octanol–water partition coefficient (Wildman–Crippen LogP) is 2.99. The number of hydrogen-bond acceptors (Lipinski definition) is 3. The summed E-state index contributed by atoms with van der Waals surface area (Å²) in [5, 5.41) is 10.7. The molecule has 0 unspecified atom stereocenters. The molecule has 0 spiro atoms. The van der Waals surface area contributed by atoms with E-state index in [1.54, 1.807) is 6.92 Å². The third-order valence-corrected chi connectivity index (χ3v) is 3.97. The minimum Gasteiger partial charge on any atom is -0.294 e. The standard InChI is InChI=1S/C15H17NO3/c1-3-15(8-9-16(18)19)13-7-5-4-6-12(13)10-11(2)14(15)17/h4-7,10H,3,8-9H2,1-2H3/t15-/m1/s1. The van der Waals surface area contributed by atoms with Gasteiger partial charge in [-0.05, 0) is 36.1 Å². The predicted molar refractivity (Wildman–Crippen MR) is 73.5 cm³/mol. The van der Waals surface area contributed by atoms with E-state index in [2.05, 4.69) is 0 Å². The highest BCUT2D eigenvalue weighted by Gasteiger charge is 2.43. The molecule has 0 saturated carbocycles. The fourth-order valence-corrected chi connectivity index (χ4v) is 2.92. The molecule has 4 nitrogen and oxygen atoms in total. The van der Waals surface area contributed by atoms with Crippen LogP contribution in [0.25, 0.3) is 6.08 Å². The van der Waals surface area contributed by atoms with Crippen LogP contribution in [0.2, 0.25) is 0 Å². The van der Waals surface area contributed by atoms with Gasteiger partial charge in [0.05, 0.1) is 5.41 Å². The van der Waals surface area contributed by atoms with Crippen LogP contribution < -0.4 is 0 Å². The molecule has 1 aromatic rings. The van der Waals surface area contributed by atoms with Crippen molar-refractivity contribution in [3.8, 4) is 0 Å². The lowest BCUT2D eigenvalue weighted by Crippen LogP contribution is -2.40. The van der Waals surface area contributed by atoms with Crippen molar-refractivity contribution >= 4 is 11.9 Å². The summed E-state index contributed by atoms with van der Waals surface area (Å²) in [6.07, 6.45) is 2.72. The number of Topliss-reactive ketones (excluding diaryl/α,β-unsaturated/α-hetero) is 1. The van der Waals surface area contributed by atoms with Crippen molar-refractivity contribution < 1.29 is 9.72 Å². The molecule has 0 radical (unpaired) electrons. The topological polar surface area (TPSA) is 60.2 Å². The largest absolute Gasteiger partial charge is 0.294 e. The number of allylic oxidation sites excluding steroid dienone is 1. The molecule has 0 fully saturated rings. The van der Waals surface area contributed by atoms with E-state index in [1.807, 2.05) is 37.3 Å². The van der Waals surface area contributed by atoms with Gasteiger partial charge in [0.25, 0.3) is 0 Å². The van der Waals surface area contributed by atoms with Crippen LogP contribution in [0, 0.1) is 10.1 Å². The van der Waals surface area contributed by atoms with E-state index < -0.39 is 5.41 Å². The van der Waals surface area contributed by atoms with Crippen LogP contribution in [0.1, 0.15) is 37.8 Å². The Morgan fingerprint density at radius 3 is 2.63 bits per heavy atom. The third-order valence-electron chi connectivity index (χ3n) is 3.97. The quantitative estimate of drug-likeness (QED) is 0.617. The van der Waals surface area contributed by atoms with E-state index >= 15 is 0 Å². The summed E-state index contributed by atoms with van der Waals surface area (Å²) >= 11 is 0. The number of carbonyl (C=O) groups is 1. The van der Waals surface area contributed by atoms with Crippen LogP contribution in [0.5, 0.6) is 0 Å². The first-order valence-corrected chi connectivity index (χ1v) is 6.45. The maximum absolute atomic E-state index is 12.6. The van der Waals surface area contributed by atoms with Crippen molar-refractivity contribution in [2.75, 3.05) is 6.54 Å².